The summed E-state index contributed by atoms with van der Waals surface area (Å²) in [4.78, 5) is 34.3. The number of pyridine rings is 1. The Morgan fingerprint density at radius 1 is 1.07 bits per heavy atom. The third-order valence-electron chi connectivity index (χ3n) is 6.36. The van der Waals surface area contributed by atoms with Crippen molar-refractivity contribution in [3.8, 4) is 5.75 Å². The summed E-state index contributed by atoms with van der Waals surface area (Å²) in [6.45, 7) is 8.05. The molecule has 2 N–H and O–H groups in total. The Kier molecular flexibility index (Phi) is 8.93. The number of fused-ring (bicyclic) bond motifs is 1. The van der Waals surface area contributed by atoms with Crippen molar-refractivity contribution in [2.75, 3.05) is 11.9 Å². The molecule has 0 aliphatic carbocycles. The van der Waals surface area contributed by atoms with E-state index in [0.717, 1.165) is 11.1 Å². The molecule has 0 unspecified atom stereocenters. The standard InChI is InChI=1S/C29H30Cl3N5O3/c1-6-40-24-13-23-22(11-18(24)27(38)36-21-9-10-33-15-20(21)31)35-25(37(23)5)12-17-19(30)8-7-16(26(17)32)14-34-28(39)29(2,3)4/h7-11,13,15H,6,12,14H2,1-5H3,(H,34,39)(H,33,36,38). The first kappa shape index (κ1) is 29.6. The van der Waals surface area contributed by atoms with Gasteiger partial charge in [0.1, 0.15) is 11.6 Å². The number of hydrogen-bond donors (Lipinski definition) is 2. The average Bonchev–Trinajstić information content (AvgIpc) is 3.20. The van der Waals surface area contributed by atoms with E-state index >= 15 is 0 Å². The van der Waals surface area contributed by atoms with Crippen molar-refractivity contribution in [1.82, 2.24) is 19.9 Å². The topological polar surface area (TPSA) is 98.1 Å². The fourth-order valence-electron chi connectivity index (χ4n) is 4.09. The van der Waals surface area contributed by atoms with Gasteiger partial charge in [-0.2, -0.15) is 0 Å². The lowest BCUT2D eigenvalue weighted by Gasteiger charge is -2.18. The molecule has 2 aromatic carbocycles. The maximum Gasteiger partial charge on any atom is 0.259 e. The molecule has 210 valence electrons. The van der Waals surface area contributed by atoms with Gasteiger partial charge in [-0.1, -0.05) is 61.6 Å². The molecule has 8 nitrogen and oxygen atoms in total. The van der Waals surface area contributed by atoms with E-state index in [0.29, 0.717) is 62.0 Å². The van der Waals surface area contributed by atoms with Crippen molar-refractivity contribution in [2.45, 2.75) is 40.7 Å². The number of anilines is 1. The molecule has 4 rings (SSSR count). The number of aromatic nitrogens is 3. The van der Waals surface area contributed by atoms with Crippen LogP contribution in [-0.4, -0.2) is 33.0 Å². The maximum atomic E-state index is 13.2. The zero-order valence-corrected chi connectivity index (χ0v) is 25.1. The molecular formula is C29H30Cl3N5O3. The Morgan fingerprint density at radius 3 is 2.50 bits per heavy atom. The fraction of sp³-hybridized carbons (Fsp3) is 0.310. The molecule has 0 radical (unpaired) electrons. The van der Waals surface area contributed by atoms with Crippen molar-refractivity contribution >= 4 is 63.3 Å². The molecule has 0 atom stereocenters. The summed E-state index contributed by atoms with van der Waals surface area (Å²) in [7, 11) is 1.88. The van der Waals surface area contributed by atoms with Gasteiger partial charge in [0, 0.05) is 48.9 Å². The van der Waals surface area contributed by atoms with Crippen LogP contribution in [0.25, 0.3) is 11.0 Å². The molecular weight excluding hydrogens is 573 g/mol. The molecule has 0 aliphatic rings. The number of nitrogens with one attached hydrogen (secondary N) is 2. The minimum Gasteiger partial charge on any atom is -0.493 e. The summed E-state index contributed by atoms with van der Waals surface area (Å²) in [5.74, 6) is 0.639. The van der Waals surface area contributed by atoms with Gasteiger partial charge in [-0.15, -0.1) is 0 Å². The van der Waals surface area contributed by atoms with Crippen molar-refractivity contribution in [3.63, 3.8) is 0 Å². The number of ether oxygens (including phenoxy) is 1. The largest absolute Gasteiger partial charge is 0.493 e. The molecule has 0 bridgehead atoms. The van der Waals surface area contributed by atoms with Gasteiger partial charge in [-0.3, -0.25) is 14.6 Å². The minimum absolute atomic E-state index is 0.0773. The Hall–Kier alpha value is -3.33. The monoisotopic (exact) mass is 601 g/mol. The molecule has 0 saturated heterocycles. The summed E-state index contributed by atoms with van der Waals surface area (Å²) < 4.78 is 7.73. The molecule has 0 aliphatic heterocycles. The van der Waals surface area contributed by atoms with Gasteiger partial charge >= 0.3 is 0 Å². The van der Waals surface area contributed by atoms with Crippen molar-refractivity contribution in [3.05, 3.63) is 80.3 Å². The Morgan fingerprint density at radius 2 is 1.82 bits per heavy atom. The number of nitrogens with zero attached hydrogens (tertiary/aromatic N) is 3. The highest BCUT2D eigenvalue weighted by atomic mass is 35.5. The van der Waals surface area contributed by atoms with Gasteiger partial charge in [0.2, 0.25) is 5.91 Å². The molecule has 0 saturated carbocycles. The van der Waals surface area contributed by atoms with Crippen LogP contribution in [0.4, 0.5) is 5.69 Å². The highest BCUT2D eigenvalue weighted by Gasteiger charge is 2.23. The van der Waals surface area contributed by atoms with Crippen LogP contribution in [0, 0.1) is 5.41 Å². The third kappa shape index (κ3) is 6.35. The molecule has 0 spiro atoms. The van der Waals surface area contributed by atoms with Crippen molar-refractivity contribution in [1.29, 1.82) is 0 Å². The van der Waals surface area contributed by atoms with E-state index in [2.05, 4.69) is 15.6 Å². The minimum atomic E-state index is -0.518. The Labute approximate surface area is 248 Å². The number of amides is 2. The first-order valence-corrected chi connectivity index (χ1v) is 13.8. The predicted octanol–water partition coefficient (Wildman–Crippen LogP) is 6.83. The van der Waals surface area contributed by atoms with Gasteiger partial charge in [0.25, 0.3) is 5.91 Å². The first-order valence-electron chi connectivity index (χ1n) is 12.7. The Bertz CT molecular complexity index is 1590. The van der Waals surface area contributed by atoms with Crippen LogP contribution in [-0.2, 0) is 24.8 Å². The number of aryl methyl sites for hydroxylation is 1. The lowest BCUT2D eigenvalue weighted by Crippen LogP contribution is -2.34. The summed E-state index contributed by atoms with van der Waals surface area (Å²) in [6, 6.07) is 8.67. The second-order valence-corrected chi connectivity index (χ2v) is 11.5. The maximum absolute atomic E-state index is 13.2. The van der Waals surface area contributed by atoms with E-state index in [-0.39, 0.29) is 18.4 Å². The second kappa shape index (κ2) is 12.0. The molecule has 2 amide bonds. The fourth-order valence-corrected chi connectivity index (χ4v) is 4.83. The smallest absolute Gasteiger partial charge is 0.259 e. The van der Waals surface area contributed by atoms with Gasteiger partial charge in [-0.25, -0.2) is 4.98 Å². The van der Waals surface area contributed by atoms with Crippen LogP contribution in [0.15, 0.2) is 42.7 Å². The van der Waals surface area contributed by atoms with E-state index in [1.807, 2.05) is 39.3 Å². The van der Waals surface area contributed by atoms with Crippen LogP contribution >= 0.6 is 34.8 Å². The van der Waals surface area contributed by atoms with E-state index in [9.17, 15) is 9.59 Å². The summed E-state index contributed by atoms with van der Waals surface area (Å²) in [6.07, 6.45) is 3.34. The van der Waals surface area contributed by atoms with Gasteiger partial charge < -0.3 is 19.9 Å². The van der Waals surface area contributed by atoms with Crippen molar-refractivity contribution < 1.29 is 14.3 Å². The van der Waals surface area contributed by atoms with E-state index in [1.54, 1.807) is 36.5 Å². The number of hydrogen-bond acceptors (Lipinski definition) is 5. The predicted molar refractivity (Wildman–Crippen MR) is 160 cm³/mol. The molecule has 4 aromatic rings. The Balaban J connectivity index is 1.67. The van der Waals surface area contributed by atoms with Crippen LogP contribution in [0.2, 0.25) is 15.1 Å². The molecule has 11 heteroatoms. The first-order chi connectivity index (χ1) is 18.9. The average molecular weight is 603 g/mol. The number of carbonyl (C=O) groups is 2. The van der Waals surface area contributed by atoms with Gasteiger partial charge in [0.05, 0.1) is 38.9 Å². The van der Waals surface area contributed by atoms with E-state index in [4.69, 9.17) is 44.5 Å². The highest BCUT2D eigenvalue weighted by Crippen LogP contribution is 2.33. The lowest BCUT2D eigenvalue weighted by atomic mass is 9.95. The zero-order chi connectivity index (χ0) is 29.2. The second-order valence-electron chi connectivity index (χ2n) is 10.3. The summed E-state index contributed by atoms with van der Waals surface area (Å²) in [5.41, 5.74) is 3.07. The SMILES string of the molecule is CCOc1cc2c(cc1C(=O)Nc1ccncc1Cl)nc(Cc1c(Cl)ccc(CNC(=O)C(C)(C)C)c1Cl)n2C. The number of halogens is 3. The normalized spacial score (nSPS) is 11.5. The van der Waals surface area contributed by atoms with E-state index < -0.39 is 5.41 Å². The zero-order valence-electron chi connectivity index (χ0n) is 22.9. The van der Waals surface area contributed by atoms with Crippen LogP contribution in [0.1, 0.15) is 55.0 Å². The molecule has 40 heavy (non-hydrogen) atoms. The third-order valence-corrected chi connectivity index (χ3v) is 7.49. The van der Waals surface area contributed by atoms with Gasteiger partial charge in [-0.05, 0) is 36.2 Å². The number of rotatable bonds is 8. The lowest BCUT2D eigenvalue weighted by molar-refractivity contribution is -0.128. The number of benzene rings is 2. The highest BCUT2D eigenvalue weighted by molar-refractivity contribution is 6.36. The summed E-state index contributed by atoms with van der Waals surface area (Å²) in [5, 5.41) is 7.03. The molecule has 0 fully saturated rings. The van der Waals surface area contributed by atoms with Crippen molar-refractivity contribution in [2.24, 2.45) is 12.5 Å². The summed E-state index contributed by atoms with van der Waals surface area (Å²) >= 11 is 19.5. The van der Waals surface area contributed by atoms with Crippen LogP contribution < -0.4 is 15.4 Å². The van der Waals surface area contributed by atoms with Crippen LogP contribution in [0.3, 0.4) is 0 Å². The number of carbonyl (C=O) groups excluding carboxylic acids is 2. The quantitative estimate of drug-likeness (QED) is 0.230. The molecule has 2 aromatic heterocycles. The number of imidazole rings is 1. The molecule has 2 heterocycles. The van der Waals surface area contributed by atoms with Gasteiger partial charge in [0.15, 0.2) is 0 Å². The van der Waals surface area contributed by atoms with Crippen LogP contribution in [0.5, 0.6) is 5.75 Å². The van der Waals surface area contributed by atoms with E-state index in [1.165, 1.54) is 6.20 Å².